The highest BCUT2D eigenvalue weighted by molar-refractivity contribution is 7.57. The summed E-state index contributed by atoms with van der Waals surface area (Å²) in [7, 11) is -3.27. The molecular formula is C22H26F2N3O6P. The molecule has 0 saturated carbocycles. The van der Waals surface area contributed by atoms with E-state index in [2.05, 4.69) is 10.6 Å². The third-order valence-corrected chi connectivity index (χ3v) is 6.98. The second-order valence-corrected chi connectivity index (χ2v) is 11.5. The zero-order chi connectivity index (χ0) is 25.4. The van der Waals surface area contributed by atoms with Gasteiger partial charge < -0.3 is 25.2 Å². The first-order chi connectivity index (χ1) is 15.7. The first-order valence-electron chi connectivity index (χ1n) is 10.5. The third-order valence-electron chi connectivity index (χ3n) is 5.92. The second-order valence-electron chi connectivity index (χ2n) is 8.97. The standard InChI is InChI=1S/C22H26F2N3O6P/c1-22(2)16(25-6-7-34(3,32)33)11-27-10-14(18(28)19(29)17(27)20(22)30)21(31)26-9-12-4-5-13(23)8-15(12)24/h4-5,8,10,16,25,29H,6-7,9,11H2,1-3H3,(H,26,31)(H,32,33). The Bertz CT molecular complexity index is 1250. The van der Waals surface area contributed by atoms with Gasteiger partial charge in [-0.3, -0.25) is 18.9 Å². The Morgan fingerprint density at radius 1 is 1.29 bits per heavy atom. The topological polar surface area (TPSA) is 138 Å². The van der Waals surface area contributed by atoms with Crippen LogP contribution in [0.25, 0.3) is 0 Å². The molecule has 1 aliphatic rings. The van der Waals surface area contributed by atoms with Gasteiger partial charge in [-0.25, -0.2) is 8.78 Å². The van der Waals surface area contributed by atoms with Crippen molar-refractivity contribution in [2.75, 3.05) is 19.4 Å². The molecule has 0 radical (unpaired) electrons. The molecular weight excluding hydrogens is 471 g/mol. The zero-order valence-corrected chi connectivity index (χ0v) is 19.8. The lowest BCUT2D eigenvalue weighted by Gasteiger charge is -2.40. The quantitative estimate of drug-likeness (QED) is 0.429. The van der Waals surface area contributed by atoms with E-state index in [1.807, 2.05) is 0 Å². The number of fused-ring (bicyclic) bond motifs is 1. The lowest BCUT2D eigenvalue weighted by atomic mass is 9.75. The van der Waals surface area contributed by atoms with Gasteiger partial charge in [-0.1, -0.05) is 19.9 Å². The molecule has 34 heavy (non-hydrogen) atoms. The van der Waals surface area contributed by atoms with Crippen molar-refractivity contribution < 1.29 is 32.9 Å². The van der Waals surface area contributed by atoms with Gasteiger partial charge >= 0.3 is 0 Å². The third kappa shape index (κ3) is 5.27. The maximum absolute atomic E-state index is 13.8. The van der Waals surface area contributed by atoms with Crippen LogP contribution in [0, 0.1) is 17.0 Å². The molecule has 1 amide bonds. The number of benzene rings is 1. The average molecular weight is 497 g/mol. The van der Waals surface area contributed by atoms with Crippen LogP contribution in [0.5, 0.6) is 5.75 Å². The Kier molecular flexibility index (Phi) is 7.12. The van der Waals surface area contributed by atoms with Gasteiger partial charge in [0.1, 0.15) is 22.9 Å². The van der Waals surface area contributed by atoms with Crippen molar-refractivity contribution in [3.63, 3.8) is 0 Å². The van der Waals surface area contributed by atoms with Crippen molar-refractivity contribution in [1.29, 1.82) is 0 Å². The molecule has 1 aromatic carbocycles. The van der Waals surface area contributed by atoms with Crippen LogP contribution in [0.1, 0.15) is 40.3 Å². The maximum Gasteiger partial charge on any atom is 0.257 e. The number of carbonyl (C=O) groups is 2. The normalized spacial score (nSPS) is 18.8. The number of Topliss-reactive ketones (excluding diaryl/α,β-unsaturated/α-hetero) is 1. The number of hydrogen-bond acceptors (Lipinski definition) is 6. The van der Waals surface area contributed by atoms with Crippen LogP contribution in [0.15, 0.2) is 29.2 Å². The molecule has 0 spiro atoms. The van der Waals surface area contributed by atoms with E-state index in [4.69, 9.17) is 0 Å². The largest absolute Gasteiger partial charge is 0.503 e. The summed E-state index contributed by atoms with van der Waals surface area (Å²) in [5, 5.41) is 15.9. The SMILES string of the molecule is CC1(C)C(=O)c2c(O)c(=O)c(C(=O)NCc3ccc(F)cc3F)cn2CC1NCCP(C)(=O)O. The molecule has 2 unspecified atom stereocenters. The number of aromatic nitrogens is 1. The maximum atomic E-state index is 13.8. The van der Waals surface area contributed by atoms with E-state index >= 15 is 0 Å². The first-order valence-corrected chi connectivity index (χ1v) is 12.8. The lowest BCUT2D eigenvalue weighted by molar-refractivity contribution is 0.0699. The highest BCUT2D eigenvalue weighted by atomic mass is 31.2. The molecule has 0 saturated heterocycles. The fraction of sp³-hybridized carbons (Fsp3) is 0.409. The Morgan fingerprint density at radius 3 is 2.59 bits per heavy atom. The number of rotatable bonds is 7. The summed E-state index contributed by atoms with van der Waals surface area (Å²) >= 11 is 0. The van der Waals surface area contributed by atoms with Crippen LogP contribution in [-0.4, -0.2) is 51.7 Å². The summed E-state index contributed by atoms with van der Waals surface area (Å²) in [5.41, 5.74) is -2.80. The van der Waals surface area contributed by atoms with E-state index in [1.165, 1.54) is 11.2 Å². The minimum Gasteiger partial charge on any atom is -0.503 e. The van der Waals surface area contributed by atoms with Crippen molar-refractivity contribution in [3.05, 3.63) is 63.1 Å². The Morgan fingerprint density at radius 2 is 1.97 bits per heavy atom. The predicted octanol–water partition coefficient (Wildman–Crippen LogP) is 1.84. The van der Waals surface area contributed by atoms with Crippen molar-refractivity contribution in [2.45, 2.75) is 33.0 Å². The van der Waals surface area contributed by atoms with Gasteiger partial charge in [0, 0.05) is 61.7 Å². The number of halogens is 2. The van der Waals surface area contributed by atoms with Gasteiger partial charge in [-0.15, -0.1) is 0 Å². The number of aromatic hydroxyl groups is 1. The van der Waals surface area contributed by atoms with Crippen LogP contribution in [-0.2, 0) is 17.7 Å². The van der Waals surface area contributed by atoms with Gasteiger partial charge in [0.2, 0.25) is 5.43 Å². The number of nitrogens with zero attached hydrogens (tertiary/aromatic N) is 1. The average Bonchev–Trinajstić information content (AvgIpc) is 2.72. The van der Waals surface area contributed by atoms with Crippen molar-refractivity contribution in [3.8, 4) is 5.75 Å². The minimum absolute atomic E-state index is 0.00433. The van der Waals surface area contributed by atoms with Crippen LogP contribution >= 0.6 is 7.37 Å². The number of amides is 1. The summed E-state index contributed by atoms with van der Waals surface area (Å²) in [6.45, 7) is 4.40. The van der Waals surface area contributed by atoms with E-state index in [0.717, 1.165) is 18.3 Å². The summed E-state index contributed by atoms with van der Waals surface area (Å²) in [4.78, 5) is 47.9. The smallest absolute Gasteiger partial charge is 0.257 e. The molecule has 9 nitrogen and oxygen atoms in total. The number of hydrogen-bond donors (Lipinski definition) is 4. The van der Waals surface area contributed by atoms with Crippen molar-refractivity contribution >= 4 is 19.1 Å². The van der Waals surface area contributed by atoms with Gasteiger partial charge in [0.25, 0.3) is 5.91 Å². The molecule has 184 valence electrons. The first kappa shape index (κ1) is 25.7. The van der Waals surface area contributed by atoms with E-state index in [9.17, 15) is 37.7 Å². The van der Waals surface area contributed by atoms with Crippen LogP contribution in [0.3, 0.4) is 0 Å². The van der Waals surface area contributed by atoms with Gasteiger partial charge in [0.05, 0.1) is 0 Å². The number of carbonyl (C=O) groups excluding carboxylic acids is 2. The Balaban J connectivity index is 1.88. The summed E-state index contributed by atoms with van der Waals surface area (Å²) in [5.74, 6) is -3.96. The highest BCUT2D eigenvalue weighted by Gasteiger charge is 2.44. The van der Waals surface area contributed by atoms with E-state index < -0.39 is 58.9 Å². The zero-order valence-electron chi connectivity index (χ0n) is 18.9. The molecule has 2 aromatic rings. The lowest BCUT2D eigenvalue weighted by Crippen LogP contribution is -2.54. The Labute approximate surface area is 194 Å². The second kappa shape index (κ2) is 9.40. The van der Waals surface area contributed by atoms with E-state index in [1.54, 1.807) is 13.8 Å². The van der Waals surface area contributed by atoms with Crippen molar-refractivity contribution in [1.82, 2.24) is 15.2 Å². The number of pyridine rings is 1. The molecule has 1 aromatic heterocycles. The Hall–Kier alpha value is -2.88. The fourth-order valence-corrected chi connectivity index (χ4v) is 4.33. The highest BCUT2D eigenvalue weighted by Crippen LogP contribution is 2.36. The van der Waals surface area contributed by atoms with Crippen LogP contribution in [0.4, 0.5) is 8.78 Å². The molecule has 0 bridgehead atoms. The van der Waals surface area contributed by atoms with Crippen LogP contribution < -0.4 is 16.1 Å². The molecule has 2 atom stereocenters. The molecule has 0 fully saturated rings. The molecule has 12 heteroatoms. The summed E-state index contributed by atoms with van der Waals surface area (Å²) in [6.07, 6.45) is 1.13. The van der Waals surface area contributed by atoms with Gasteiger partial charge in [-0.05, 0) is 6.07 Å². The number of nitrogens with one attached hydrogen (secondary N) is 2. The van der Waals surface area contributed by atoms with Gasteiger partial charge in [0.15, 0.2) is 18.9 Å². The number of ketones is 1. The summed E-state index contributed by atoms with van der Waals surface area (Å²) in [6, 6.07) is 2.32. The van der Waals surface area contributed by atoms with E-state index in [-0.39, 0.29) is 37.1 Å². The van der Waals surface area contributed by atoms with Crippen molar-refractivity contribution in [2.24, 2.45) is 5.41 Å². The molecule has 1 aliphatic heterocycles. The molecule has 0 aliphatic carbocycles. The monoisotopic (exact) mass is 497 g/mol. The summed E-state index contributed by atoms with van der Waals surface area (Å²) < 4.78 is 39.8. The molecule has 3 rings (SSSR count). The minimum atomic E-state index is -3.27. The van der Waals surface area contributed by atoms with E-state index in [0.29, 0.717) is 6.07 Å². The van der Waals surface area contributed by atoms with Crippen LogP contribution in [0.2, 0.25) is 0 Å². The fourth-order valence-electron chi connectivity index (χ4n) is 3.78. The predicted molar refractivity (Wildman–Crippen MR) is 120 cm³/mol. The molecule has 4 N–H and O–H groups in total. The van der Waals surface area contributed by atoms with Gasteiger partial charge in [-0.2, -0.15) is 0 Å². The molecule has 2 heterocycles.